The molecular weight excluding hydrogens is 324 g/mol. The molecule has 0 atom stereocenters. The van der Waals surface area contributed by atoms with Gasteiger partial charge in [-0.1, -0.05) is 30.3 Å². The lowest BCUT2D eigenvalue weighted by Crippen LogP contribution is -2.29. The van der Waals surface area contributed by atoms with Crippen LogP contribution < -0.4 is 10.4 Å². The summed E-state index contributed by atoms with van der Waals surface area (Å²) in [5, 5.41) is 23.9. The number of carbonyl (C=O) groups excluding carboxylic acids is 2. The molecule has 1 aliphatic rings. The number of aliphatic carboxylic acids is 1. The number of allylic oxidation sites excluding steroid dienone is 1. The SMILES string of the molecule is N#Cc1c(N/C(=C\C(=O)c2ccccc2)C(=O)[O-])sc2c1CCC2. The Morgan fingerprint density at radius 3 is 2.67 bits per heavy atom. The second kappa shape index (κ2) is 6.69. The standard InChI is InChI=1S/C18H14N2O3S/c19-10-13-12-7-4-8-16(12)24-17(13)20-14(18(22)23)9-15(21)11-5-2-1-3-6-11/h1-3,5-6,9,20H,4,7-8H2,(H,22,23)/p-1/b14-9-. The van der Waals surface area contributed by atoms with Crippen LogP contribution >= 0.6 is 11.3 Å². The number of nitrogens with one attached hydrogen (secondary N) is 1. The number of aryl methyl sites for hydroxylation is 1. The van der Waals surface area contributed by atoms with Crippen LogP contribution in [0.15, 0.2) is 42.1 Å². The van der Waals surface area contributed by atoms with E-state index >= 15 is 0 Å². The number of thiophene rings is 1. The predicted molar refractivity (Wildman–Crippen MR) is 88.5 cm³/mol. The predicted octanol–water partition coefficient (Wildman–Crippen LogP) is 2.04. The second-order valence-electron chi connectivity index (χ2n) is 5.37. The number of nitrogens with zero attached hydrogens (tertiary/aromatic N) is 1. The van der Waals surface area contributed by atoms with Gasteiger partial charge in [0.25, 0.3) is 0 Å². The Morgan fingerprint density at radius 2 is 2.00 bits per heavy atom. The number of hydrogen-bond acceptors (Lipinski definition) is 6. The minimum absolute atomic E-state index is 0.347. The van der Waals surface area contributed by atoms with Gasteiger partial charge >= 0.3 is 0 Å². The Hall–Kier alpha value is -2.91. The summed E-state index contributed by atoms with van der Waals surface area (Å²) in [7, 11) is 0. The minimum Gasteiger partial charge on any atom is -0.543 e. The van der Waals surface area contributed by atoms with E-state index in [0.29, 0.717) is 16.1 Å². The Bertz CT molecular complexity index is 876. The fraction of sp³-hybridized carbons (Fsp3) is 0.167. The van der Waals surface area contributed by atoms with Gasteiger partial charge in [0.1, 0.15) is 11.1 Å². The topological polar surface area (TPSA) is 93.0 Å². The van der Waals surface area contributed by atoms with E-state index in [1.54, 1.807) is 30.3 Å². The van der Waals surface area contributed by atoms with Crippen LogP contribution in [0, 0.1) is 11.3 Å². The molecule has 120 valence electrons. The molecule has 0 saturated carbocycles. The summed E-state index contributed by atoms with van der Waals surface area (Å²) >= 11 is 1.36. The number of anilines is 1. The number of hydrogen-bond donors (Lipinski definition) is 1. The Kier molecular flexibility index (Phi) is 4.45. The first-order chi connectivity index (χ1) is 11.6. The van der Waals surface area contributed by atoms with Crippen molar-refractivity contribution in [2.45, 2.75) is 19.3 Å². The fourth-order valence-electron chi connectivity index (χ4n) is 2.70. The van der Waals surface area contributed by atoms with Gasteiger partial charge in [0, 0.05) is 16.5 Å². The van der Waals surface area contributed by atoms with E-state index in [1.807, 2.05) is 0 Å². The quantitative estimate of drug-likeness (QED) is 0.666. The molecule has 0 saturated heterocycles. The molecule has 1 aliphatic carbocycles. The van der Waals surface area contributed by atoms with Crippen molar-refractivity contribution in [1.82, 2.24) is 0 Å². The molecule has 0 aliphatic heterocycles. The molecule has 24 heavy (non-hydrogen) atoms. The smallest absolute Gasteiger partial charge is 0.187 e. The van der Waals surface area contributed by atoms with Crippen LogP contribution in [0.25, 0.3) is 0 Å². The lowest BCUT2D eigenvalue weighted by Gasteiger charge is -2.11. The van der Waals surface area contributed by atoms with Gasteiger partial charge < -0.3 is 15.2 Å². The van der Waals surface area contributed by atoms with E-state index in [1.165, 1.54) is 11.3 Å². The molecule has 2 aromatic rings. The van der Waals surface area contributed by atoms with E-state index in [0.717, 1.165) is 35.8 Å². The first-order valence-corrected chi connectivity index (χ1v) is 8.26. The van der Waals surface area contributed by atoms with E-state index in [9.17, 15) is 20.0 Å². The second-order valence-corrected chi connectivity index (χ2v) is 6.48. The summed E-state index contributed by atoms with van der Waals surface area (Å²) in [6, 6.07) is 10.5. The molecule has 3 rings (SSSR count). The molecule has 1 aromatic heterocycles. The highest BCUT2D eigenvalue weighted by molar-refractivity contribution is 7.16. The summed E-state index contributed by atoms with van der Waals surface area (Å²) in [4.78, 5) is 24.6. The van der Waals surface area contributed by atoms with Crippen molar-refractivity contribution in [1.29, 1.82) is 5.26 Å². The number of nitriles is 1. The average molecular weight is 337 g/mol. The van der Waals surface area contributed by atoms with Gasteiger partial charge in [0.2, 0.25) is 0 Å². The lowest BCUT2D eigenvalue weighted by atomic mass is 10.1. The van der Waals surface area contributed by atoms with Crippen molar-refractivity contribution in [2.75, 3.05) is 5.32 Å². The van der Waals surface area contributed by atoms with Crippen LogP contribution in [-0.2, 0) is 17.6 Å². The van der Waals surface area contributed by atoms with Gasteiger partial charge in [-0.3, -0.25) is 4.79 Å². The molecule has 1 N–H and O–H groups in total. The average Bonchev–Trinajstić information content (AvgIpc) is 3.15. The maximum atomic E-state index is 12.2. The zero-order valence-corrected chi connectivity index (χ0v) is 13.5. The number of carboxylic acids is 1. The third-order valence-corrected chi connectivity index (χ3v) is 5.04. The largest absolute Gasteiger partial charge is 0.543 e. The maximum absolute atomic E-state index is 12.2. The zero-order valence-electron chi connectivity index (χ0n) is 12.7. The maximum Gasteiger partial charge on any atom is 0.187 e. The summed E-state index contributed by atoms with van der Waals surface area (Å²) in [5.41, 5.74) is 1.48. The third kappa shape index (κ3) is 3.07. The number of ketones is 1. The molecule has 0 bridgehead atoms. The van der Waals surface area contributed by atoms with Gasteiger partial charge in [-0.2, -0.15) is 5.26 Å². The van der Waals surface area contributed by atoms with Crippen LogP contribution in [0.1, 0.15) is 32.8 Å². The van der Waals surface area contributed by atoms with Crippen molar-refractivity contribution in [3.63, 3.8) is 0 Å². The van der Waals surface area contributed by atoms with E-state index in [2.05, 4.69) is 11.4 Å². The fourth-order valence-corrected chi connectivity index (χ4v) is 3.95. The van der Waals surface area contributed by atoms with Gasteiger partial charge in [-0.25, -0.2) is 0 Å². The number of rotatable bonds is 5. The Morgan fingerprint density at radius 1 is 1.25 bits per heavy atom. The molecule has 5 nitrogen and oxygen atoms in total. The molecule has 0 radical (unpaired) electrons. The van der Waals surface area contributed by atoms with Crippen LogP contribution in [-0.4, -0.2) is 11.8 Å². The minimum atomic E-state index is -1.49. The van der Waals surface area contributed by atoms with E-state index < -0.39 is 11.8 Å². The van der Waals surface area contributed by atoms with Crippen LogP contribution in [0.2, 0.25) is 0 Å². The number of fused-ring (bicyclic) bond motifs is 1. The Labute approximate surface area is 142 Å². The first-order valence-electron chi connectivity index (χ1n) is 7.44. The van der Waals surface area contributed by atoms with Crippen molar-refractivity contribution in [2.24, 2.45) is 0 Å². The zero-order chi connectivity index (χ0) is 17.1. The molecule has 0 unspecified atom stereocenters. The van der Waals surface area contributed by atoms with Crippen molar-refractivity contribution in [3.8, 4) is 6.07 Å². The summed E-state index contributed by atoms with van der Waals surface area (Å²) in [5.74, 6) is -1.93. The first kappa shape index (κ1) is 16.0. The normalized spacial score (nSPS) is 13.2. The van der Waals surface area contributed by atoms with Crippen molar-refractivity contribution >= 4 is 28.1 Å². The Balaban J connectivity index is 1.91. The van der Waals surface area contributed by atoms with Crippen LogP contribution in [0.4, 0.5) is 5.00 Å². The lowest BCUT2D eigenvalue weighted by molar-refractivity contribution is -0.299. The van der Waals surface area contributed by atoms with Crippen LogP contribution in [0.5, 0.6) is 0 Å². The molecule has 0 fully saturated rings. The molecule has 1 heterocycles. The van der Waals surface area contributed by atoms with Gasteiger partial charge in [-0.05, 0) is 24.8 Å². The molecular formula is C18H13N2O3S-. The number of benzene rings is 1. The number of carbonyl (C=O) groups is 2. The molecule has 0 amide bonds. The highest BCUT2D eigenvalue weighted by Crippen LogP contribution is 2.39. The summed E-state index contributed by atoms with van der Waals surface area (Å²) in [6.45, 7) is 0. The monoisotopic (exact) mass is 337 g/mol. The highest BCUT2D eigenvalue weighted by atomic mass is 32.1. The number of carboxylic acid groups (broad SMARTS) is 1. The molecule has 6 heteroatoms. The van der Waals surface area contributed by atoms with E-state index in [-0.39, 0.29) is 5.70 Å². The summed E-state index contributed by atoms with van der Waals surface area (Å²) in [6.07, 6.45) is 3.72. The van der Waals surface area contributed by atoms with Gasteiger partial charge in [-0.15, -0.1) is 11.3 Å². The van der Waals surface area contributed by atoms with E-state index in [4.69, 9.17) is 0 Å². The van der Waals surface area contributed by atoms with Gasteiger partial charge in [0.15, 0.2) is 5.78 Å². The molecule has 1 aromatic carbocycles. The van der Waals surface area contributed by atoms with Crippen molar-refractivity contribution in [3.05, 3.63) is 63.7 Å². The molecule has 0 spiro atoms. The third-order valence-electron chi connectivity index (χ3n) is 3.83. The summed E-state index contributed by atoms with van der Waals surface area (Å²) < 4.78 is 0. The van der Waals surface area contributed by atoms with Crippen molar-refractivity contribution < 1.29 is 14.7 Å². The van der Waals surface area contributed by atoms with Crippen LogP contribution in [0.3, 0.4) is 0 Å². The highest BCUT2D eigenvalue weighted by Gasteiger charge is 2.22. The van der Waals surface area contributed by atoms with Gasteiger partial charge in [0.05, 0.1) is 17.2 Å².